The van der Waals surface area contributed by atoms with Gasteiger partial charge >= 0.3 is 0 Å². The molecule has 0 aliphatic carbocycles. The first-order valence-corrected chi connectivity index (χ1v) is 9.88. The van der Waals surface area contributed by atoms with Crippen molar-refractivity contribution in [3.05, 3.63) is 72.1 Å². The SMILES string of the molecule is O=C(c1ccc2nccnc2c1)N1[C@@H]2CC[C@H]1[C@](CO)(Cc1ccccc1)C2. The first-order chi connectivity index (χ1) is 13.7. The highest BCUT2D eigenvalue weighted by molar-refractivity contribution is 5.98. The van der Waals surface area contributed by atoms with Gasteiger partial charge < -0.3 is 10.0 Å². The molecule has 2 bridgehead atoms. The van der Waals surface area contributed by atoms with Gasteiger partial charge in [-0.05, 0) is 49.4 Å². The van der Waals surface area contributed by atoms with Crippen LogP contribution in [0.5, 0.6) is 0 Å². The zero-order chi connectivity index (χ0) is 19.1. The fourth-order valence-electron chi connectivity index (χ4n) is 5.26. The normalized spacial score (nSPS) is 26.1. The van der Waals surface area contributed by atoms with Gasteiger partial charge in [0.05, 0.1) is 17.6 Å². The predicted octanol–water partition coefficient (Wildman–Crippen LogP) is 3.23. The number of hydrogen-bond acceptors (Lipinski definition) is 4. The number of fused-ring (bicyclic) bond motifs is 3. The number of hydrogen-bond donors (Lipinski definition) is 1. The molecule has 142 valence electrons. The molecule has 2 aromatic carbocycles. The lowest BCUT2D eigenvalue weighted by atomic mass is 9.70. The quantitative estimate of drug-likeness (QED) is 0.763. The fourth-order valence-corrected chi connectivity index (χ4v) is 5.26. The molecule has 0 radical (unpaired) electrons. The second-order valence-corrected chi connectivity index (χ2v) is 8.11. The average Bonchev–Trinajstić information content (AvgIpc) is 3.29. The van der Waals surface area contributed by atoms with E-state index in [4.69, 9.17) is 0 Å². The van der Waals surface area contributed by atoms with Gasteiger partial charge in [0.25, 0.3) is 5.91 Å². The Labute approximate surface area is 164 Å². The van der Waals surface area contributed by atoms with Crippen LogP contribution in [0.4, 0.5) is 0 Å². The van der Waals surface area contributed by atoms with Gasteiger partial charge in [0.15, 0.2) is 0 Å². The molecule has 2 fully saturated rings. The van der Waals surface area contributed by atoms with Gasteiger partial charge in [-0.1, -0.05) is 30.3 Å². The smallest absolute Gasteiger partial charge is 0.254 e. The number of aromatic nitrogens is 2. The zero-order valence-corrected chi connectivity index (χ0v) is 15.7. The molecule has 0 saturated carbocycles. The van der Waals surface area contributed by atoms with Crippen molar-refractivity contribution in [1.29, 1.82) is 0 Å². The maximum Gasteiger partial charge on any atom is 0.254 e. The fraction of sp³-hybridized carbons (Fsp3) is 0.348. The lowest BCUT2D eigenvalue weighted by Crippen LogP contribution is -2.43. The molecule has 28 heavy (non-hydrogen) atoms. The Bertz CT molecular complexity index is 1020. The first-order valence-electron chi connectivity index (χ1n) is 9.88. The van der Waals surface area contributed by atoms with E-state index < -0.39 is 0 Å². The topological polar surface area (TPSA) is 66.3 Å². The number of amides is 1. The van der Waals surface area contributed by atoms with E-state index in [1.165, 1.54) is 5.56 Å². The minimum Gasteiger partial charge on any atom is -0.396 e. The zero-order valence-electron chi connectivity index (χ0n) is 15.7. The summed E-state index contributed by atoms with van der Waals surface area (Å²) >= 11 is 0. The Hall–Kier alpha value is -2.79. The Morgan fingerprint density at radius 2 is 1.86 bits per heavy atom. The summed E-state index contributed by atoms with van der Waals surface area (Å²) in [7, 11) is 0. The van der Waals surface area contributed by atoms with Gasteiger partial charge in [0, 0.05) is 35.5 Å². The minimum absolute atomic E-state index is 0.0449. The van der Waals surface area contributed by atoms with Gasteiger partial charge in [-0.15, -0.1) is 0 Å². The number of carbonyl (C=O) groups excluding carboxylic acids is 1. The Kier molecular flexibility index (Phi) is 4.13. The number of carbonyl (C=O) groups is 1. The number of nitrogens with zero attached hydrogens (tertiary/aromatic N) is 3. The molecule has 0 unspecified atom stereocenters. The second kappa shape index (κ2) is 6.67. The predicted molar refractivity (Wildman–Crippen MR) is 107 cm³/mol. The van der Waals surface area contributed by atoms with E-state index >= 15 is 0 Å². The monoisotopic (exact) mass is 373 g/mol. The average molecular weight is 373 g/mol. The standard InChI is InChI=1S/C23H23N3O2/c27-15-23(13-16-4-2-1-3-5-16)14-18-7-9-21(23)26(18)22(28)17-6-8-19-20(12-17)25-11-10-24-19/h1-6,8,10-12,18,21,27H,7,9,13-15H2/t18-,21+,23-/m1/s1. The molecule has 2 aliphatic heterocycles. The van der Waals surface area contributed by atoms with Gasteiger partial charge in [0.2, 0.25) is 0 Å². The molecule has 5 heteroatoms. The summed E-state index contributed by atoms with van der Waals surface area (Å²) in [6, 6.07) is 16.1. The Morgan fingerprint density at radius 3 is 2.64 bits per heavy atom. The maximum atomic E-state index is 13.4. The number of aliphatic hydroxyl groups excluding tert-OH is 1. The van der Waals surface area contributed by atoms with E-state index in [2.05, 4.69) is 22.1 Å². The summed E-state index contributed by atoms with van der Waals surface area (Å²) in [6.07, 6.45) is 6.94. The van der Waals surface area contributed by atoms with Crippen LogP contribution in [0, 0.1) is 5.41 Å². The van der Waals surface area contributed by atoms with Crippen LogP contribution >= 0.6 is 0 Å². The Morgan fingerprint density at radius 1 is 1.07 bits per heavy atom. The number of benzene rings is 2. The molecular weight excluding hydrogens is 350 g/mol. The Balaban J connectivity index is 1.46. The molecular formula is C23H23N3O2. The van der Waals surface area contributed by atoms with Gasteiger partial charge in [-0.2, -0.15) is 0 Å². The second-order valence-electron chi connectivity index (χ2n) is 8.11. The van der Waals surface area contributed by atoms with Crippen molar-refractivity contribution in [3.8, 4) is 0 Å². The summed E-state index contributed by atoms with van der Waals surface area (Å²) in [5.74, 6) is 0.0449. The van der Waals surface area contributed by atoms with Crippen molar-refractivity contribution < 1.29 is 9.90 Å². The van der Waals surface area contributed by atoms with Crippen molar-refractivity contribution >= 4 is 16.9 Å². The van der Waals surface area contributed by atoms with Crippen LogP contribution in [-0.2, 0) is 6.42 Å². The van der Waals surface area contributed by atoms with Gasteiger partial charge in [-0.3, -0.25) is 14.8 Å². The maximum absolute atomic E-state index is 13.4. The largest absolute Gasteiger partial charge is 0.396 e. The van der Waals surface area contributed by atoms with E-state index in [9.17, 15) is 9.90 Å². The van der Waals surface area contributed by atoms with Crippen molar-refractivity contribution in [3.63, 3.8) is 0 Å². The highest BCUT2D eigenvalue weighted by Gasteiger charge is 2.57. The third-order valence-electron chi connectivity index (χ3n) is 6.52. The van der Waals surface area contributed by atoms with Crippen LogP contribution in [0.25, 0.3) is 11.0 Å². The highest BCUT2D eigenvalue weighted by atomic mass is 16.3. The van der Waals surface area contributed by atoms with Crippen LogP contribution in [-0.4, -0.2) is 44.6 Å². The lowest BCUT2D eigenvalue weighted by molar-refractivity contribution is 0.0571. The molecule has 1 N–H and O–H groups in total. The van der Waals surface area contributed by atoms with Crippen molar-refractivity contribution in [2.45, 2.75) is 37.8 Å². The molecule has 3 aromatic rings. The van der Waals surface area contributed by atoms with Crippen LogP contribution < -0.4 is 0 Å². The number of aliphatic hydroxyl groups is 1. The van der Waals surface area contributed by atoms with E-state index in [1.807, 2.05) is 41.3 Å². The van der Waals surface area contributed by atoms with Crippen LogP contribution in [0.15, 0.2) is 60.9 Å². The molecule has 5 rings (SSSR count). The third-order valence-corrected chi connectivity index (χ3v) is 6.52. The van der Waals surface area contributed by atoms with Crippen molar-refractivity contribution in [1.82, 2.24) is 14.9 Å². The summed E-state index contributed by atoms with van der Waals surface area (Å²) < 4.78 is 0. The van der Waals surface area contributed by atoms with Gasteiger partial charge in [0.1, 0.15) is 0 Å². The van der Waals surface area contributed by atoms with E-state index in [-0.39, 0.29) is 30.0 Å². The van der Waals surface area contributed by atoms with Crippen molar-refractivity contribution in [2.24, 2.45) is 5.41 Å². The molecule has 2 aliphatic rings. The van der Waals surface area contributed by atoms with Crippen LogP contribution in [0.3, 0.4) is 0 Å². The number of rotatable bonds is 4. The highest BCUT2D eigenvalue weighted by Crippen LogP contribution is 2.51. The lowest BCUT2D eigenvalue weighted by Gasteiger charge is -2.36. The summed E-state index contributed by atoms with van der Waals surface area (Å²) in [5, 5.41) is 10.4. The van der Waals surface area contributed by atoms with E-state index in [0.29, 0.717) is 5.56 Å². The molecule has 3 heterocycles. The summed E-state index contributed by atoms with van der Waals surface area (Å²) in [4.78, 5) is 24.1. The molecule has 2 saturated heterocycles. The molecule has 3 atom stereocenters. The first kappa shape index (κ1) is 17.3. The molecule has 1 aromatic heterocycles. The van der Waals surface area contributed by atoms with E-state index in [1.54, 1.807) is 12.4 Å². The van der Waals surface area contributed by atoms with Crippen molar-refractivity contribution in [2.75, 3.05) is 6.61 Å². The molecule has 0 spiro atoms. The van der Waals surface area contributed by atoms with E-state index in [0.717, 1.165) is 36.7 Å². The minimum atomic E-state index is -0.253. The summed E-state index contributed by atoms with van der Waals surface area (Å²) in [5.41, 5.74) is 3.14. The molecule has 5 nitrogen and oxygen atoms in total. The third kappa shape index (κ3) is 2.69. The van der Waals surface area contributed by atoms with Crippen LogP contribution in [0.1, 0.15) is 35.2 Å². The summed E-state index contributed by atoms with van der Waals surface area (Å²) in [6.45, 7) is 0.107. The molecule has 1 amide bonds. The van der Waals surface area contributed by atoms with Crippen LogP contribution in [0.2, 0.25) is 0 Å². The van der Waals surface area contributed by atoms with Gasteiger partial charge in [-0.25, -0.2) is 0 Å².